The lowest BCUT2D eigenvalue weighted by atomic mass is 10.2. The van der Waals surface area contributed by atoms with Crippen molar-refractivity contribution in [2.45, 2.75) is 4.90 Å². The number of ether oxygens (including phenoxy) is 1. The van der Waals surface area contributed by atoms with E-state index in [-0.39, 0.29) is 16.1 Å². The molecule has 2 aromatic carbocycles. The van der Waals surface area contributed by atoms with Gasteiger partial charge in [0.2, 0.25) is 0 Å². The fraction of sp³-hybridized carbons (Fsp3) is 0.0625. The zero-order valence-electron chi connectivity index (χ0n) is 12.5. The summed E-state index contributed by atoms with van der Waals surface area (Å²) in [5.41, 5.74) is 0.460. The zero-order chi connectivity index (χ0) is 17.3. The molecule has 1 heterocycles. The maximum atomic E-state index is 13.9. The fourth-order valence-corrected chi connectivity index (χ4v) is 3.54. The minimum Gasteiger partial charge on any atom is -0.497 e. The standard InChI is InChI=1S/C16H12FN3O3S/c1-23-11-3-4-12-15(7-11)19-9-16(12)24(21,22)20-14-5-2-10(8-18)6-13(14)17/h2-7,9,19-20H,1H3. The Morgan fingerprint density at radius 1 is 1.25 bits per heavy atom. The van der Waals surface area contributed by atoms with E-state index in [1.54, 1.807) is 24.3 Å². The number of nitriles is 1. The molecule has 0 aliphatic heterocycles. The molecule has 122 valence electrons. The minimum absolute atomic E-state index is 0.0103. The summed E-state index contributed by atoms with van der Waals surface area (Å²) in [5.74, 6) is -0.237. The highest BCUT2D eigenvalue weighted by molar-refractivity contribution is 7.93. The number of hydrogen-bond donors (Lipinski definition) is 2. The van der Waals surface area contributed by atoms with Crippen LogP contribution in [0.1, 0.15) is 5.56 Å². The SMILES string of the molecule is COc1ccc2c(S(=O)(=O)Nc3ccc(C#N)cc3F)c[nH]c2c1. The first-order valence-electron chi connectivity index (χ1n) is 6.82. The maximum Gasteiger partial charge on any atom is 0.264 e. The van der Waals surface area contributed by atoms with Crippen LogP contribution in [0.2, 0.25) is 0 Å². The number of aromatic nitrogens is 1. The number of methoxy groups -OCH3 is 1. The molecule has 0 fully saturated rings. The first-order chi connectivity index (χ1) is 11.4. The van der Waals surface area contributed by atoms with E-state index in [0.717, 1.165) is 6.07 Å². The van der Waals surface area contributed by atoms with Gasteiger partial charge in [0.05, 0.1) is 29.9 Å². The molecule has 3 aromatic rings. The van der Waals surface area contributed by atoms with Crippen LogP contribution in [0.4, 0.5) is 10.1 Å². The van der Waals surface area contributed by atoms with E-state index in [1.165, 1.54) is 25.4 Å². The number of benzene rings is 2. The largest absolute Gasteiger partial charge is 0.497 e. The van der Waals surface area contributed by atoms with Gasteiger partial charge in [0, 0.05) is 17.6 Å². The number of nitrogens with zero attached hydrogens (tertiary/aromatic N) is 1. The fourth-order valence-electron chi connectivity index (χ4n) is 2.30. The number of aromatic amines is 1. The van der Waals surface area contributed by atoms with Crippen LogP contribution in [0, 0.1) is 17.1 Å². The Labute approximate surface area is 137 Å². The number of halogens is 1. The summed E-state index contributed by atoms with van der Waals surface area (Å²) >= 11 is 0. The van der Waals surface area contributed by atoms with Crippen LogP contribution in [0.5, 0.6) is 5.75 Å². The Kier molecular flexibility index (Phi) is 3.87. The van der Waals surface area contributed by atoms with Gasteiger partial charge < -0.3 is 9.72 Å². The van der Waals surface area contributed by atoms with Crippen LogP contribution in [0.15, 0.2) is 47.5 Å². The molecule has 0 spiro atoms. The molecule has 24 heavy (non-hydrogen) atoms. The molecule has 0 aliphatic rings. The first-order valence-corrected chi connectivity index (χ1v) is 8.30. The van der Waals surface area contributed by atoms with Crippen molar-refractivity contribution in [1.82, 2.24) is 4.98 Å². The summed E-state index contributed by atoms with van der Waals surface area (Å²) < 4.78 is 46.3. The summed E-state index contributed by atoms with van der Waals surface area (Å²) in [6.45, 7) is 0. The van der Waals surface area contributed by atoms with Crippen LogP contribution < -0.4 is 9.46 Å². The molecular weight excluding hydrogens is 333 g/mol. The van der Waals surface area contributed by atoms with E-state index >= 15 is 0 Å². The highest BCUT2D eigenvalue weighted by Gasteiger charge is 2.21. The Hall–Kier alpha value is -3.05. The summed E-state index contributed by atoms with van der Waals surface area (Å²) in [5, 5.41) is 9.18. The first kappa shape index (κ1) is 15.8. The number of hydrogen-bond acceptors (Lipinski definition) is 4. The highest BCUT2D eigenvalue weighted by atomic mass is 32.2. The zero-order valence-corrected chi connectivity index (χ0v) is 13.3. The molecule has 0 aliphatic carbocycles. The van der Waals surface area contributed by atoms with Crippen molar-refractivity contribution in [3.05, 3.63) is 54.0 Å². The van der Waals surface area contributed by atoms with Gasteiger partial charge in [0.1, 0.15) is 16.5 Å². The summed E-state index contributed by atoms with van der Waals surface area (Å²) in [7, 11) is -2.49. The second-order valence-electron chi connectivity index (χ2n) is 4.98. The van der Waals surface area contributed by atoms with E-state index < -0.39 is 15.8 Å². The van der Waals surface area contributed by atoms with Crippen molar-refractivity contribution in [2.24, 2.45) is 0 Å². The monoisotopic (exact) mass is 345 g/mol. The summed E-state index contributed by atoms with van der Waals surface area (Å²) in [4.78, 5) is 2.84. The quantitative estimate of drug-likeness (QED) is 0.760. The van der Waals surface area contributed by atoms with Gasteiger partial charge in [-0.15, -0.1) is 0 Å². The Balaban J connectivity index is 2.01. The predicted molar refractivity (Wildman–Crippen MR) is 86.8 cm³/mol. The van der Waals surface area contributed by atoms with Gasteiger partial charge in [-0.1, -0.05) is 0 Å². The minimum atomic E-state index is -4.00. The molecule has 0 radical (unpaired) electrons. The van der Waals surface area contributed by atoms with E-state index in [4.69, 9.17) is 10.00 Å². The number of fused-ring (bicyclic) bond motifs is 1. The molecule has 0 saturated carbocycles. The Bertz CT molecular complexity index is 1070. The van der Waals surface area contributed by atoms with Crippen LogP contribution in [0.3, 0.4) is 0 Å². The van der Waals surface area contributed by atoms with Crippen LogP contribution in [-0.4, -0.2) is 20.5 Å². The third-order valence-corrected chi connectivity index (χ3v) is 4.89. The highest BCUT2D eigenvalue weighted by Crippen LogP contribution is 2.28. The average Bonchev–Trinajstić information content (AvgIpc) is 3.00. The number of rotatable bonds is 4. The van der Waals surface area contributed by atoms with Crippen molar-refractivity contribution in [1.29, 1.82) is 5.26 Å². The number of sulfonamides is 1. The lowest BCUT2D eigenvalue weighted by molar-refractivity contribution is 0.415. The van der Waals surface area contributed by atoms with Crippen molar-refractivity contribution >= 4 is 26.6 Å². The molecule has 6 nitrogen and oxygen atoms in total. The molecule has 2 N–H and O–H groups in total. The Morgan fingerprint density at radius 3 is 2.71 bits per heavy atom. The Morgan fingerprint density at radius 2 is 2.04 bits per heavy atom. The number of anilines is 1. The van der Waals surface area contributed by atoms with Gasteiger partial charge in [-0.25, -0.2) is 12.8 Å². The maximum absolute atomic E-state index is 13.9. The van der Waals surface area contributed by atoms with Gasteiger partial charge >= 0.3 is 0 Å². The normalized spacial score (nSPS) is 11.2. The molecule has 8 heteroatoms. The number of H-pyrrole nitrogens is 1. The molecular formula is C16H12FN3O3S. The third-order valence-electron chi connectivity index (χ3n) is 3.48. The second-order valence-corrected chi connectivity index (χ2v) is 6.63. The molecule has 1 aromatic heterocycles. The van der Waals surface area contributed by atoms with Crippen LogP contribution in [0.25, 0.3) is 10.9 Å². The van der Waals surface area contributed by atoms with Crippen molar-refractivity contribution < 1.29 is 17.5 Å². The van der Waals surface area contributed by atoms with E-state index in [0.29, 0.717) is 16.7 Å². The van der Waals surface area contributed by atoms with Crippen molar-refractivity contribution in [3.8, 4) is 11.8 Å². The lowest BCUT2D eigenvalue weighted by Crippen LogP contribution is -2.13. The molecule has 0 saturated heterocycles. The van der Waals surface area contributed by atoms with Crippen molar-refractivity contribution in [2.75, 3.05) is 11.8 Å². The van der Waals surface area contributed by atoms with Gasteiger partial charge in [0.25, 0.3) is 10.0 Å². The van der Waals surface area contributed by atoms with Crippen LogP contribution >= 0.6 is 0 Å². The predicted octanol–water partition coefficient (Wildman–Crippen LogP) is 2.99. The molecule has 3 rings (SSSR count). The van der Waals surface area contributed by atoms with Gasteiger partial charge in [0.15, 0.2) is 0 Å². The van der Waals surface area contributed by atoms with E-state index in [9.17, 15) is 12.8 Å². The van der Waals surface area contributed by atoms with Gasteiger partial charge in [-0.05, 0) is 30.3 Å². The average molecular weight is 345 g/mol. The van der Waals surface area contributed by atoms with Crippen LogP contribution in [-0.2, 0) is 10.0 Å². The summed E-state index contributed by atoms with van der Waals surface area (Å²) in [6.07, 6.45) is 1.33. The van der Waals surface area contributed by atoms with E-state index in [2.05, 4.69) is 9.71 Å². The summed E-state index contributed by atoms with van der Waals surface area (Å²) in [6, 6.07) is 10.2. The molecule has 0 atom stereocenters. The lowest BCUT2D eigenvalue weighted by Gasteiger charge is -2.08. The third kappa shape index (κ3) is 2.77. The van der Waals surface area contributed by atoms with Gasteiger partial charge in [-0.2, -0.15) is 5.26 Å². The molecule has 0 amide bonds. The molecule has 0 unspecified atom stereocenters. The topological polar surface area (TPSA) is 95.0 Å². The van der Waals surface area contributed by atoms with Crippen molar-refractivity contribution in [3.63, 3.8) is 0 Å². The molecule has 0 bridgehead atoms. The van der Waals surface area contributed by atoms with E-state index in [1.807, 2.05) is 0 Å². The second kappa shape index (κ2) is 5.86. The van der Waals surface area contributed by atoms with Gasteiger partial charge in [-0.3, -0.25) is 4.72 Å². The number of nitrogens with one attached hydrogen (secondary N) is 2. The smallest absolute Gasteiger partial charge is 0.264 e.